The van der Waals surface area contributed by atoms with Crippen molar-refractivity contribution in [3.8, 4) is 5.75 Å². The van der Waals surface area contributed by atoms with Crippen LogP contribution in [0.25, 0.3) is 6.08 Å². The van der Waals surface area contributed by atoms with E-state index in [0.717, 1.165) is 32.9 Å². The van der Waals surface area contributed by atoms with E-state index in [9.17, 15) is 9.59 Å². The van der Waals surface area contributed by atoms with Gasteiger partial charge in [-0.2, -0.15) is 0 Å². The van der Waals surface area contributed by atoms with E-state index in [-0.39, 0.29) is 11.1 Å². The van der Waals surface area contributed by atoms with Gasteiger partial charge in [0.15, 0.2) is 5.75 Å². The van der Waals surface area contributed by atoms with Crippen molar-refractivity contribution in [3.05, 3.63) is 65.5 Å². The normalized spacial score (nSPS) is 15.6. The zero-order chi connectivity index (χ0) is 20.3. The van der Waals surface area contributed by atoms with Gasteiger partial charge in [0.05, 0.1) is 14.4 Å². The van der Waals surface area contributed by atoms with E-state index in [1.54, 1.807) is 12.1 Å². The number of rotatable bonds is 6. The van der Waals surface area contributed by atoms with Gasteiger partial charge in [0.1, 0.15) is 6.61 Å². The number of ether oxygens (including phenoxy) is 1. The summed E-state index contributed by atoms with van der Waals surface area (Å²) in [5.41, 5.74) is 1.76. The lowest BCUT2D eigenvalue weighted by molar-refractivity contribution is -0.122. The van der Waals surface area contributed by atoms with Gasteiger partial charge in [-0.3, -0.25) is 14.5 Å². The van der Waals surface area contributed by atoms with E-state index in [1.807, 2.05) is 37.3 Å². The highest BCUT2D eigenvalue weighted by molar-refractivity contribution is 14.1. The standard InChI is InChI=1S/C20H16BrClINO3S/c1-2-7-24-19(25)17(28-20(24)26)10-13-8-15(21)18(16(22)9-13)27-11-12-3-5-14(23)6-4-12/h3-6,8-10H,2,7,11H2,1H3/b17-10+. The van der Waals surface area contributed by atoms with E-state index in [0.29, 0.717) is 33.3 Å². The second-order valence-electron chi connectivity index (χ2n) is 6.06. The van der Waals surface area contributed by atoms with Gasteiger partial charge in [0.25, 0.3) is 11.1 Å². The first-order valence-corrected chi connectivity index (χ1v) is 11.6. The van der Waals surface area contributed by atoms with E-state index in [2.05, 4.69) is 38.5 Å². The van der Waals surface area contributed by atoms with Crippen LogP contribution in [0.1, 0.15) is 24.5 Å². The minimum Gasteiger partial charge on any atom is -0.486 e. The van der Waals surface area contributed by atoms with Crippen molar-refractivity contribution in [2.45, 2.75) is 20.0 Å². The molecule has 0 bridgehead atoms. The van der Waals surface area contributed by atoms with Crippen molar-refractivity contribution in [1.29, 1.82) is 0 Å². The average Bonchev–Trinajstić information content (AvgIpc) is 2.90. The molecule has 0 spiro atoms. The van der Waals surface area contributed by atoms with Crippen LogP contribution in [0.3, 0.4) is 0 Å². The number of halogens is 3. The van der Waals surface area contributed by atoms with Crippen LogP contribution >= 0.6 is 61.9 Å². The number of carbonyl (C=O) groups is 2. The highest BCUT2D eigenvalue weighted by Gasteiger charge is 2.34. The molecule has 1 aliphatic rings. The summed E-state index contributed by atoms with van der Waals surface area (Å²) in [7, 11) is 0. The van der Waals surface area contributed by atoms with E-state index >= 15 is 0 Å². The Morgan fingerprint density at radius 1 is 1.25 bits per heavy atom. The Morgan fingerprint density at radius 2 is 1.96 bits per heavy atom. The maximum Gasteiger partial charge on any atom is 0.293 e. The first kappa shape index (κ1) is 21.7. The third-order valence-electron chi connectivity index (χ3n) is 3.94. The summed E-state index contributed by atoms with van der Waals surface area (Å²) in [6.45, 7) is 2.75. The van der Waals surface area contributed by atoms with Gasteiger partial charge >= 0.3 is 0 Å². The molecule has 0 aromatic heterocycles. The molecule has 8 heteroatoms. The summed E-state index contributed by atoms with van der Waals surface area (Å²) >= 11 is 13.1. The molecule has 146 valence electrons. The molecule has 1 saturated heterocycles. The van der Waals surface area contributed by atoms with Gasteiger partial charge in [-0.05, 0) is 98.2 Å². The molecule has 0 N–H and O–H groups in total. The summed E-state index contributed by atoms with van der Waals surface area (Å²) in [6.07, 6.45) is 2.41. The number of hydrogen-bond acceptors (Lipinski definition) is 4. The van der Waals surface area contributed by atoms with E-state index in [4.69, 9.17) is 16.3 Å². The molecule has 1 aliphatic heterocycles. The fraction of sp³-hybridized carbons (Fsp3) is 0.200. The summed E-state index contributed by atoms with van der Waals surface area (Å²) in [5, 5.41) is 0.194. The van der Waals surface area contributed by atoms with Crippen molar-refractivity contribution >= 4 is 79.1 Å². The minimum absolute atomic E-state index is 0.235. The van der Waals surface area contributed by atoms with Gasteiger partial charge in [0, 0.05) is 10.1 Å². The van der Waals surface area contributed by atoms with Gasteiger partial charge in [-0.25, -0.2) is 0 Å². The number of thioether (sulfide) groups is 1. The molecule has 2 amide bonds. The van der Waals surface area contributed by atoms with Crippen LogP contribution in [-0.2, 0) is 11.4 Å². The molecule has 4 nitrogen and oxygen atoms in total. The van der Waals surface area contributed by atoms with Crippen LogP contribution in [0.4, 0.5) is 4.79 Å². The lowest BCUT2D eigenvalue weighted by Crippen LogP contribution is -2.28. The second kappa shape index (κ2) is 9.65. The Balaban J connectivity index is 1.77. The summed E-state index contributed by atoms with van der Waals surface area (Å²) < 4.78 is 7.71. The van der Waals surface area contributed by atoms with E-state index in [1.165, 1.54) is 4.90 Å². The minimum atomic E-state index is -0.261. The highest BCUT2D eigenvalue weighted by Crippen LogP contribution is 2.38. The van der Waals surface area contributed by atoms with Crippen LogP contribution < -0.4 is 4.74 Å². The lowest BCUT2D eigenvalue weighted by Gasteiger charge is -2.12. The van der Waals surface area contributed by atoms with Gasteiger partial charge in [-0.1, -0.05) is 30.7 Å². The zero-order valence-electron chi connectivity index (χ0n) is 14.9. The monoisotopic (exact) mass is 591 g/mol. The smallest absolute Gasteiger partial charge is 0.293 e. The Morgan fingerprint density at radius 3 is 2.61 bits per heavy atom. The molecule has 28 heavy (non-hydrogen) atoms. The van der Waals surface area contributed by atoms with Crippen molar-refractivity contribution in [2.75, 3.05) is 6.54 Å². The molecule has 0 saturated carbocycles. The topological polar surface area (TPSA) is 46.6 Å². The number of nitrogens with zero attached hydrogens (tertiary/aromatic N) is 1. The maximum atomic E-state index is 12.4. The Labute approximate surface area is 194 Å². The SMILES string of the molecule is CCCN1C(=O)S/C(=C/c2cc(Cl)c(OCc3ccc(I)cc3)c(Br)c2)C1=O. The van der Waals surface area contributed by atoms with Crippen LogP contribution in [0, 0.1) is 3.57 Å². The van der Waals surface area contributed by atoms with Crippen LogP contribution in [0.2, 0.25) is 5.02 Å². The largest absolute Gasteiger partial charge is 0.486 e. The Kier molecular flexibility index (Phi) is 7.47. The third-order valence-corrected chi connectivity index (χ3v) is 6.43. The molecule has 1 heterocycles. The molecule has 3 rings (SSSR count). The lowest BCUT2D eigenvalue weighted by atomic mass is 10.2. The first-order chi connectivity index (χ1) is 13.4. The van der Waals surface area contributed by atoms with Gasteiger partial charge < -0.3 is 4.74 Å². The molecule has 0 radical (unpaired) electrons. The molecule has 2 aromatic carbocycles. The number of amides is 2. The predicted molar refractivity (Wildman–Crippen MR) is 126 cm³/mol. The number of imide groups is 1. The highest BCUT2D eigenvalue weighted by atomic mass is 127. The first-order valence-electron chi connectivity index (χ1n) is 8.50. The van der Waals surface area contributed by atoms with E-state index < -0.39 is 0 Å². The fourth-order valence-corrected chi connectivity index (χ4v) is 4.82. The second-order valence-corrected chi connectivity index (χ2v) is 9.56. The third kappa shape index (κ3) is 5.11. The van der Waals surface area contributed by atoms with Crippen LogP contribution in [0.15, 0.2) is 45.8 Å². The van der Waals surface area contributed by atoms with Crippen LogP contribution in [0.5, 0.6) is 5.75 Å². The zero-order valence-corrected chi connectivity index (χ0v) is 20.2. The molecule has 1 fully saturated rings. The van der Waals surface area contributed by atoms with Gasteiger partial charge in [0.2, 0.25) is 0 Å². The van der Waals surface area contributed by atoms with Crippen molar-refractivity contribution in [2.24, 2.45) is 0 Å². The van der Waals surface area contributed by atoms with Crippen molar-refractivity contribution in [1.82, 2.24) is 4.90 Å². The van der Waals surface area contributed by atoms with Crippen molar-refractivity contribution < 1.29 is 14.3 Å². The molecule has 0 unspecified atom stereocenters. The summed E-state index contributed by atoms with van der Waals surface area (Å²) in [6, 6.07) is 11.6. The summed E-state index contributed by atoms with van der Waals surface area (Å²) in [5.74, 6) is 0.277. The molecule has 2 aromatic rings. The molecular formula is C20H16BrClINO3S. The summed E-state index contributed by atoms with van der Waals surface area (Å²) in [4.78, 5) is 26.0. The average molecular weight is 593 g/mol. The number of hydrogen-bond donors (Lipinski definition) is 0. The number of benzene rings is 2. The van der Waals surface area contributed by atoms with Gasteiger partial charge in [-0.15, -0.1) is 0 Å². The predicted octanol–water partition coefficient (Wildman–Crippen LogP) is 6.73. The molecule has 0 aliphatic carbocycles. The maximum absolute atomic E-state index is 12.4. The molecule has 0 atom stereocenters. The van der Waals surface area contributed by atoms with Crippen LogP contribution in [-0.4, -0.2) is 22.6 Å². The molecular weight excluding hydrogens is 577 g/mol. The van der Waals surface area contributed by atoms with Crippen molar-refractivity contribution in [3.63, 3.8) is 0 Å². The quantitative estimate of drug-likeness (QED) is 0.276. The number of carbonyl (C=O) groups excluding carboxylic acids is 2. The Hall–Kier alpha value is -1.03. The fourth-order valence-electron chi connectivity index (χ4n) is 2.60. The Bertz CT molecular complexity index is 926.